The van der Waals surface area contributed by atoms with E-state index in [0.717, 1.165) is 55.2 Å². The zero-order valence-electron chi connectivity index (χ0n) is 46.5. The van der Waals surface area contributed by atoms with Gasteiger partial charge in [-0.2, -0.15) is 0 Å². The lowest BCUT2D eigenvalue weighted by molar-refractivity contribution is -0.126. The number of hydrogen-bond acceptors (Lipinski definition) is 6. The van der Waals surface area contributed by atoms with Crippen LogP contribution in [0.3, 0.4) is 0 Å². The average molecular weight is 1030 g/mol. The van der Waals surface area contributed by atoms with Crippen LogP contribution in [0, 0.1) is 5.92 Å². The number of alkyl carbamates (subject to hydrolysis) is 2. The van der Waals surface area contributed by atoms with Gasteiger partial charge in [0.1, 0.15) is 12.2 Å². The Kier molecular flexibility index (Phi) is 35.8. The highest BCUT2D eigenvalue weighted by molar-refractivity contribution is 8.01. The predicted molar refractivity (Wildman–Crippen MR) is 310 cm³/mol. The smallest absolute Gasteiger partial charge is 0.407 e. The number of nitrogens with one attached hydrogen (secondary N) is 2. The molecule has 0 aliphatic heterocycles. The van der Waals surface area contributed by atoms with Crippen molar-refractivity contribution in [2.24, 2.45) is 11.7 Å². The van der Waals surface area contributed by atoms with Crippen molar-refractivity contribution in [1.29, 1.82) is 0 Å². The quantitative estimate of drug-likeness (QED) is 0.0383. The number of hydrogen-bond donors (Lipinski definition) is 3. The van der Waals surface area contributed by atoms with E-state index in [0.29, 0.717) is 25.9 Å². The maximum Gasteiger partial charge on any atom is 0.407 e. The Morgan fingerprint density at radius 3 is 0.973 bits per heavy atom. The molecule has 0 saturated heterocycles. The minimum Gasteiger partial charge on any atom is -0.445 e. The molecule has 4 unspecified atom stereocenters. The standard InChI is InChI=1S/C64H103N3O5S/c1-5-9-11-13-15-17-19-21-23-25-27-29-31-33-44-52-66-62(69)71-57(7-3)59(61(65)68)60(73-64(54-46-38-35-39-47-54,55-48-40-36-41-49-55)56-50-42-37-43-51-56)58(8-4)72-63(70)67-53-45-34-32-30-28-26-24-22-20-18-16-14-12-10-6-2/h35-43,46-51,57-60H,5-34,44-45,52-53H2,1-4H3,(H2,65,68)(H,66,69)(H,67,70). The van der Waals surface area contributed by atoms with Gasteiger partial charge in [0.05, 0.1) is 15.9 Å². The van der Waals surface area contributed by atoms with Crippen molar-refractivity contribution in [2.75, 3.05) is 13.1 Å². The molecule has 0 saturated carbocycles. The summed E-state index contributed by atoms with van der Waals surface area (Å²) in [6.45, 7) is 9.43. The van der Waals surface area contributed by atoms with E-state index in [1.54, 1.807) is 11.8 Å². The molecule has 3 amide bonds. The summed E-state index contributed by atoms with van der Waals surface area (Å²) in [6, 6.07) is 30.8. The van der Waals surface area contributed by atoms with Crippen molar-refractivity contribution < 1.29 is 23.9 Å². The largest absolute Gasteiger partial charge is 0.445 e. The van der Waals surface area contributed by atoms with Gasteiger partial charge in [-0.15, -0.1) is 11.8 Å². The van der Waals surface area contributed by atoms with E-state index in [4.69, 9.17) is 15.2 Å². The first kappa shape index (κ1) is 63.3. The number of primary amides is 1. The second-order valence-electron chi connectivity index (χ2n) is 20.7. The summed E-state index contributed by atoms with van der Waals surface area (Å²) in [5.74, 6) is -1.61. The van der Waals surface area contributed by atoms with Crippen molar-refractivity contribution in [1.82, 2.24) is 10.6 Å². The third kappa shape index (κ3) is 25.9. The fraction of sp³-hybridized carbons (Fsp3) is 0.672. The van der Waals surface area contributed by atoms with Gasteiger partial charge >= 0.3 is 12.2 Å². The van der Waals surface area contributed by atoms with Gasteiger partial charge in [0.25, 0.3) is 0 Å². The molecule has 0 aliphatic rings. The monoisotopic (exact) mass is 1030 g/mol. The first-order valence-electron chi connectivity index (χ1n) is 29.8. The van der Waals surface area contributed by atoms with E-state index in [9.17, 15) is 14.4 Å². The Labute approximate surface area is 450 Å². The number of ether oxygens (including phenoxy) is 2. The van der Waals surface area contributed by atoms with Crippen molar-refractivity contribution >= 4 is 29.9 Å². The molecule has 8 nitrogen and oxygen atoms in total. The van der Waals surface area contributed by atoms with Crippen LogP contribution in [-0.2, 0) is 19.0 Å². The van der Waals surface area contributed by atoms with Gasteiger partial charge in [0.2, 0.25) is 5.91 Å². The highest BCUT2D eigenvalue weighted by atomic mass is 32.2. The van der Waals surface area contributed by atoms with Gasteiger partial charge in [0.15, 0.2) is 0 Å². The third-order valence-corrected chi connectivity index (χ3v) is 16.7. The van der Waals surface area contributed by atoms with Crippen LogP contribution < -0.4 is 16.4 Å². The fourth-order valence-electron chi connectivity index (χ4n) is 10.4. The maximum atomic E-state index is 14.1. The Morgan fingerprint density at radius 1 is 0.425 bits per heavy atom. The summed E-state index contributed by atoms with van der Waals surface area (Å²) in [5.41, 5.74) is 9.45. The maximum absolute atomic E-state index is 14.1. The van der Waals surface area contributed by atoms with Crippen LogP contribution in [-0.4, -0.2) is 48.6 Å². The predicted octanol–water partition coefficient (Wildman–Crippen LogP) is 17.9. The molecule has 4 N–H and O–H groups in total. The van der Waals surface area contributed by atoms with Gasteiger partial charge in [0, 0.05) is 13.1 Å². The summed E-state index contributed by atoms with van der Waals surface area (Å²) < 4.78 is 11.7. The van der Waals surface area contributed by atoms with Crippen LogP contribution in [0.5, 0.6) is 0 Å². The first-order chi connectivity index (χ1) is 35.8. The Hall–Kier alpha value is -3.98. The summed E-state index contributed by atoms with van der Waals surface area (Å²) in [4.78, 5) is 41.6. The molecule has 73 heavy (non-hydrogen) atoms. The van der Waals surface area contributed by atoms with Crippen molar-refractivity contribution in [2.45, 2.75) is 255 Å². The second kappa shape index (κ2) is 41.3. The summed E-state index contributed by atoms with van der Waals surface area (Å²) >= 11 is 1.55. The molecule has 0 spiro atoms. The number of benzene rings is 3. The number of rotatable bonds is 45. The van der Waals surface area contributed by atoms with Crippen molar-refractivity contribution in [3.05, 3.63) is 108 Å². The highest BCUT2D eigenvalue weighted by Gasteiger charge is 2.48. The third-order valence-electron chi connectivity index (χ3n) is 14.7. The summed E-state index contributed by atoms with van der Waals surface area (Å²) in [7, 11) is 0. The molecule has 0 aromatic heterocycles. The number of carbonyl (C=O) groups is 3. The highest BCUT2D eigenvalue weighted by Crippen LogP contribution is 2.53. The number of nitrogens with two attached hydrogens (primary N) is 1. The number of carbonyl (C=O) groups excluding carboxylic acids is 3. The zero-order chi connectivity index (χ0) is 52.5. The lowest BCUT2D eigenvalue weighted by Crippen LogP contribution is -2.51. The van der Waals surface area contributed by atoms with Gasteiger partial charge in [-0.3, -0.25) is 4.79 Å². The number of amides is 3. The average Bonchev–Trinajstić information content (AvgIpc) is 3.41. The summed E-state index contributed by atoms with van der Waals surface area (Å²) in [5, 5.41) is 5.28. The molecule has 0 fully saturated rings. The van der Waals surface area contributed by atoms with E-state index >= 15 is 0 Å². The minimum absolute atomic E-state index is 0.341. The Balaban J connectivity index is 1.68. The minimum atomic E-state index is -1.00. The van der Waals surface area contributed by atoms with E-state index in [1.165, 1.54) is 154 Å². The molecule has 9 heteroatoms. The van der Waals surface area contributed by atoms with Crippen LogP contribution in [0.1, 0.15) is 250 Å². The van der Waals surface area contributed by atoms with Crippen LogP contribution in [0.15, 0.2) is 91.0 Å². The molecular weight excluding hydrogens is 923 g/mol. The molecule has 0 radical (unpaired) electrons. The number of unbranched alkanes of at least 4 members (excludes halogenated alkanes) is 28. The van der Waals surface area contributed by atoms with E-state index < -0.39 is 46.2 Å². The van der Waals surface area contributed by atoms with Crippen LogP contribution in [0.25, 0.3) is 0 Å². The lowest BCUT2D eigenvalue weighted by atomic mass is 9.84. The Morgan fingerprint density at radius 2 is 0.699 bits per heavy atom. The molecule has 0 heterocycles. The number of thioether (sulfide) groups is 1. The summed E-state index contributed by atoms with van der Waals surface area (Å²) in [6.07, 6.45) is 36.3. The molecule has 0 aliphatic carbocycles. The van der Waals surface area contributed by atoms with E-state index in [-0.39, 0.29) is 0 Å². The molecule has 3 aromatic rings. The van der Waals surface area contributed by atoms with Gasteiger partial charge in [-0.1, -0.05) is 298 Å². The van der Waals surface area contributed by atoms with Gasteiger partial charge in [-0.05, 0) is 42.4 Å². The molecule has 3 rings (SSSR count). The van der Waals surface area contributed by atoms with E-state index in [2.05, 4.69) is 60.9 Å². The second-order valence-corrected chi connectivity index (χ2v) is 22.1. The zero-order valence-corrected chi connectivity index (χ0v) is 47.4. The van der Waals surface area contributed by atoms with Gasteiger partial charge in [-0.25, -0.2) is 9.59 Å². The molecular formula is C64H103N3O5S. The topological polar surface area (TPSA) is 120 Å². The lowest BCUT2D eigenvalue weighted by Gasteiger charge is -2.43. The van der Waals surface area contributed by atoms with E-state index in [1.807, 2.05) is 68.4 Å². The van der Waals surface area contributed by atoms with Crippen LogP contribution in [0.2, 0.25) is 0 Å². The van der Waals surface area contributed by atoms with Gasteiger partial charge < -0.3 is 25.8 Å². The molecule has 4 atom stereocenters. The van der Waals surface area contributed by atoms with Crippen molar-refractivity contribution in [3.8, 4) is 0 Å². The Bertz CT molecular complexity index is 1700. The SMILES string of the molecule is CCCCCCCCCCCCCCCCCNC(=O)OC(CC)C(SC(c1ccccc1)(c1ccccc1)c1ccccc1)C(C(N)=O)C(CC)OC(=O)NCCCCCCCCCCCCCCCCC. The molecule has 410 valence electrons. The van der Waals surface area contributed by atoms with Crippen LogP contribution in [0.4, 0.5) is 9.59 Å². The molecule has 3 aromatic carbocycles. The first-order valence-corrected chi connectivity index (χ1v) is 30.7. The van der Waals surface area contributed by atoms with Crippen LogP contribution >= 0.6 is 11.8 Å². The molecule has 0 bridgehead atoms. The fourth-order valence-corrected chi connectivity index (χ4v) is 12.5. The normalized spacial score (nSPS) is 13.2. The van der Waals surface area contributed by atoms with Crippen molar-refractivity contribution in [3.63, 3.8) is 0 Å².